The molecule has 1 fully saturated rings. The molecular formula is C14H23N5O. The predicted molar refractivity (Wildman–Crippen MR) is 79.2 cm³/mol. The molecule has 0 amide bonds. The SMILES string of the molecule is Cc1nnc(N(CC2CC2)C(C)C)c(C(N)=NO)c1C. The smallest absolute Gasteiger partial charge is 0.174 e. The summed E-state index contributed by atoms with van der Waals surface area (Å²) in [6.45, 7) is 8.99. The van der Waals surface area contributed by atoms with Crippen molar-refractivity contribution in [2.24, 2.45) is 16.8 Å². The molecule has 1 saturated carbocycles. The van der Waals surface area contributed by atoms with Crippen molar-refractivity contribution in [2.45, 2.75) is 46.6 Å². The van der Waals surface area contributed by atoms with Gasteiger partial charge in [-0.1, -0.05) is 5.16 Å². The summed E-state index contributed by atoms with van der Waals surface area (Å²) in [5, 5.41) is 20.7. The summed E-state index contributed by atoms with van der Waals surface area (Å²) < 4.78 is 0. The van der Waals surface area contributed by atoms with Gasteiger partial charge in [0.1, 0.15) is 0 Å². The highest BCUT2D eigenvalue weighted by atomic mass is 16.4. The molecule has 6 heteroatoms. The molecule has 0 saturated heterocycles. The Labute approximate surface area is 119 Å². The maximum absolute atomic E-state index is 9.04. The van der Waals surface area contributed by atoms with Crippen LogP contribution in [0.25, 0.3) is 0 Å². The number of nitrogens with two attached hydrogens (primary N) is 1. The highest BCUT2D eigenvalue weighted by Gasteiger charge is 2.29. The summed E-state index contributed by atoms with van der Waals surface area (Å²) in [7, 11) is 0. The molecule has 1 heterocycles. The quantitative estimate of drug-likeness (QED) is 0.371. The molecule has 0 atom stereocenters. The lowest BCUT2D eigenvalue weighted by Gasteiger charge is -2.29. The second kappa shape index (κ2) is 5.64. The molecular weight excluding hydrogens is 254 g/mol. The third kappa shape index (κ3) is 2.84. The standard InChI is InChI=1S/C14H23N5O/c1-8(2)19(7-11-5-6-11)14-12(13(15)18-20)9(3)10(4)16-17-14/h8,11,20H,5-7H2,1-4H3,(H2,15,18). The van der Waals surface area contributed by atoms with Crippen LogP contribution in [0.1, 0.15) is 43.5 Å². The van der Waals surface area contributed by atoms with Crippen LogP contribution in [0.15, 0.2) is 5.16 Å². The van der Waals surface area contributed by atoms with Gasteiger partial charge in [0.15, 0.2) is 11.7 Å². The summed E-state index contributed by atoms with van der Waals surface area (Å²) in [6, 6.07) is 0.289. The van der Waals surface area contributed by atoms with Crippen LogP contribution >= 0.6 is 0 Å². The molecule has 1 aliphatic carbocycles. The molecule has 2 rings (SSSR count). The van der Waals surface area contributed by atoms with Crippen LogP contribution in [0.5, 0.6) is 0 Å². The van der Waals surface area contributed by atoms with Gasteiger partial charge in [-0.3, -0.25) is 0 Å². The summed E-state index contributed by atoms with van der Waals surface area (Å²) >= 11 is 0. The minimum Gasteiger partial charge on any atom is -0.409 e. The first-order valence-electron chi connectivity index (χ1n) is 7.04. The topological polar surface area (TPSA) is 87.6 Å². The molecule has 1 aliphatic rings. The molecule has 0 aromatic carbocycles. The Balaban J connectivity index is 2.49. The molecule has 0 spiro atoms. The first kappa shape index (κ1) is 14.6. The number of hydrogen-bond donors (Lipinski definition) is 2. The molecule has 3 N–H and O–H groups in total. The van der Waals surface area contributed by atoms with Crippen LogP contribution in [-0.2, 0) is 0 Å². The van der Waals surface area contributed by atoms with Gasteiger partial charge in [-0.2, -0.15) is 5.10 Å². The van der Waals surface area contributed by atoms with Crippen LogP contribution in [0, 0.1) is 19.8 Å². The summed E-state index contributed by atoms with van der Waals surface area (Å²) in [5.41, 5.74) is 8.25. The zero-order valence-corrected chi connectivity index (χ0v) is 12.6. The van der Waals surface area contributed by atoms with E-state index >= 15 is 0 Å². The molecule has 1 aromatic heterocycles. The number of amidine groups is 1. The number of oxime groups is 1. The lowest BCUT2D eigenvalue weighted by Crippen LogP contribution is -2.36. The van der Waals surface area contributed by atoms with Gasteiger partial charge in [-0.15, -0.1) is 5.10 Å². The minimum atomic E-state index is 0.0944. The van der Waals surface area contributed by atoms with Crippen LogP contribution in [-0.4, -0.2) is 33.8 Å². The van der Waals surface area contributed by atoms with E-state index in [4.69, 9.17) is 10.9 Å². The average molecular weight is 277 g/mol. The lowest BCUT2D eigenvalue weighted by atomic mass is 10.1. The van der Waals surface area contributed by atoms with Crippen molar-refractivity contribution < 1.29 is 5.21 Å². The fraction of sp³-hybridized carbons (Fsp3) is 0.643. The summed E-state index contributed by atoms with van der Waals surface area (Å²) in [4.78, 5) is 2.20. The van der Waals surface area contributed by atoms with Crippen molar-refractivity contribution in [2.75, 3.05) is 11.4 Å². The Morgan fingerprint density at radius 3 is 2.55 bits per heavy atom. The van der Waals surface area contributed by atoms with Gasteiger partial charge in [0.2, 0.25) is 0 Å². The van der Waals surface area contributed by atoms with Gasteiger partial charge in [0, 0.05) is 12.6 Å². The van der Waals surface area contributed by atoms with E-state index in [9.17, 15) is 0 Å². The van der Waals surface area contributed by atoms with Gasteiger partial charge in [-0.05, 0) is 52.0 Å². The first-order chi connectivity index (χ1) is 9.45. The highest BCUT2D eigenvalue weighted by molar-refractivity contribution is 6.02. The van der Waals surface area contributed by atoms with Crippen molar-refractivity contribution in [3.8, 4) is 0 Å². The molecule has 0 bridgehead atoms. The minimum absolute atomic E-state index is 0.0944. The Hall–Kier alpha value is -1.85. The fourth-order valence-corrected chi connectivity index (χ4v) is 2.27. The van der Waals surface area contributed by atoms with Crippen molar-refractivity contribution in [3.05, 3.63) is 16.8 Å². The van der Waals surface area contributed by atoms with Crippen molar-refractivity contribution in [3.63, 3.8) is 0 Å². The van der Waals surface area contributed by atoms with Crippen LogP contribution < -0.4 is 10.6 Å². The zero-order chi connectivity index (χ0) is 14.9. The normalized spacial score (nSPS) is 15.8. The predicted octanol–water partition coefficient (Wildman–Crippen LogP) is 1.81. The maximum Gasteiger partial charge on any atom is 0.174 e. The molecule has 6 nitrogen and oxygen atoms in total. The monoisotopic (exact) mass is 277 g/mol. The van der Waals surface area contributed by atoms with Crippen molar-refractivity contribution >= 4 is 11.7 Å². The number of rotatable bonds is 5. The molecule has 20 heavy (non-hydrogen) atoms. The van der Waals surface area contributed by atoms with Gasteiger partial charge in [-0.25, -0.2) is 0 Å². The zero-order valence-electron chi connectivity index (χ0n) is 12.6. The second-order valence-corrected chi connectivity index (χ2v) is 5.78. The fourth-order valence-electron chi connectivity index (χ4n) is 2.27. The van der Waals surface area contributed by atoms with Gasteiger partial charge < -0.3 is 15.8 Å². The molecule has 0 unspecified atom stereocenters. The van der Waals surface area contributed by atoms with E-state index in [0.717, 1.165) is 23.7 Å². The van der Waals surface area contributed by atoms with E-state index in [1.165, 1.54) is 12.8 Å². The molecule has 110 valence electrons. The second-order valence-electron chi connectivity index (χ2n) is 5.78. The Kier molecular flexibility index (Phi) is 4.11. The first-order valence-corrected chi connectivity index (χ1v) is 7.04. The molecule has 0 radical (unpaired) electrons. The van der Waals surface area contributed by atoms with E-state index < -0.39 is 0 Å². The Bertz CT molecular complexity index is 523. The number of aromatic nitrogens is 2. The van der Waals surface area contributed by atoms with Crippen molar-refractivity contribution in [1.82, 2.24) is 10.2 Å². The maximum atomic E-state index is 9.04. The van der Waals surface area contributed by atoms with Crippen LogP contribution in [0.2, 0.25) is 0 Å². The summed E-state index contributed by atoms with van der Waals surface area (Å²) in [5.74, 6) is 1.53. The Morgan fingerprint density at radius 2 is 2.05 bits per heavy atom. The third-order valence-corrected chi connectivity index (χ3v) is 3.85. The molecule has 1 aromatic rings. The number of hydrogen-bond acceptors (Lipinski definition) is 5. The molecule has 0 aliphatic heterocycles. The van der Waals surface area contributed by atoms with Crippen LogP contribution in [0.3, 0.4) is 0 Å². The van der Waals surface area contributed by atoms with Crippen LogP contribution in [0.4, 0.5) is 5.82 Å². The lowest BCUT2D eigenvalue weighted by molar-refractivity contribution is 0.318. The van der Waals surface area contributed by atoms with Gasteiger partial charge in [0.05, 0.1) is 11.3 Å². The van der Waals surface area contributed by atoms with E-state index in [1.54, 1.807) is 0 Å². The highest BCUT2D eigenvalue weighted by Crippen LogP contribution is 2.33. The van der Waals surface area contributed by atoms with E-state index in [0.29, 0.717) is 11.4 Å². The summed E-state index contributed by atoms with van der Waals surface area (Å²) in [6.07, 6.45) is 2.53. The van der Waals surface area contributed by atoms with E-state index in [-0.39, 0.29) is 11.9 Å². The van der Waals surface area contributed by atoms with Crippen molar-refractivity contribution in [1.29, 1.82) is 0 Å². The average Bonchev–Trinajstić information content (AvgIpc) is 3.22. The van der Waals surface area contributed by atoms with Gasteiger partial charge >= 0.3 is 0 Å². The number of nitrogens with zero attached hydrogens (tertiary/aromatic N) is 4. The largest absolute Gasteiger partial charge is 0.409 e. The van der Waals surface area contributed by atoms with E-state index in [2.05, 4.69) is 34.1 Å². The number of aryl methyl sites for hydroxylation is 1. The number of anilines is 1. The Morgan fingerprint density at radius 1 is 1.40 bits per heavy atom. The van der Waals surface area contributed by atoms with Gasteiger partial charge in [0.25, 0.3) is 0 Å². The van der Waals surface area contributed by atoms with E-state index in [1.807, 2.05) is 13.8 Å². The third-order valence-electron chi connectivity index (χ3n) is 3.85.